The van der Waals surface area contributed by atoms with Crippen molar-refractivity contribution in [3.05, 3.63) is 42.4 Å². The average Bonchev–Trinajstić information content (AvgIpc) is 3.38. The molecule has 2 aliphatic carbocycles. The number of nitrogens with zero attached hydrogens (tertiary/aromatic N) is 1. The number of hydrogen-bond acceptors (Lipinski definition) is 5. The second-order valence-electron chi connectivity index (χ2n) is 6.82. The molecule has 1 aromatic carbocycles. The highest BCUT2D eigenvalue weighted by atomic mass is 16.5. The van der Waals surface area contributed by atoms with E-state index in [0.29, 0.717) is 23.2 Å². The maximum atomic E-state index is 12.6. The molecule has 0 saturated heterocycles. The van der Waals surface area contributed by atoms with E-state index in [4.69, 9.17) is 9.15 Å². The molecule has 2 aliphatic rings. The molecular weight excluding hydrogens is 320 g/mol. The van der Waals surface area contributed by atoms with Crippen LogP contribution in [-0.4, -0.2) is 30.0 Å². The number of amides is 1. The van der Waals surface area contributed by atoms with Gasteiger partial charge in [0.15, 0.2) is 12.2 Å². The first-order chi connectivity index (χ1) is 12.2. The highest BCUT2D eigenvalue weighted by Crippen LogP contribution is 2.49. The lowest BCUT2D eigenvalue weighted by molar-refractivity contribution is -0.148. The molecule has 0 radical (unpaired) electrons. The van der Waals surface area contributed by atoms with Crippen molar-refractivity contribution in [3.63, 3.8) is 0 Å². The summed E-state index contributed by atoms with van der Waals surface area (Å²) in [5, 5.41) is 3.07. The SMILES string of the molecule is COC(=O)[C@@H]1[C@H]2CC[C@@H](C2)[C@@H]1NC(=O)c1ccc(-c2cnco2)cc1. The van der Waals surface area contributed by atoms with Gasteiger partial charge in [-0.25, -0.2) is 4.98 Å². The second kappa shape index (κ2) is 6.35. The third kappa shape index (κ3) is 2.81. The third-order valence-corrected chi connectivity index (χ3v) is 5.55. The number of hydrogen-bond donors (Lipinski definition) is 1. The van der Waals surface area contributed by atoms with Crippen molar-refractivity contribution in [2.24, 2.45) is 17.8 Å². The Bertz CT molecular complexity index is 769. The largest absolute Gasteiger partial charge is 0.469 e. The van der Waals surface area contributed by atoms with Crippen molar-refractivity contribution in [3.8, 4) is 11.3 Å². The normalized spacial score (nSPS) is 27.2. The molecule has 6 heteroatoms. The Morgan fingerprint density at radius 3 is 2.64 bits per heavy atom. The van der Waals surface area contributed by atoms with Crippen molar-refractivity contribution in [2.45, 2.75) is 25.3 Å². The number of aromatic nitrogens is 1. The Morgan fingerprint density at radius 1 is 1.20 bits per heavy atom. The van der Waals surface area contributed by atoms with Gasteiger partial charge < -0.3 is 14.5 Å². The van der Waals surface area contributed by atoms with Crippen LogP contribution in [0.25, 0.3) is 11.3 Å². The highest BCUT2D eigenvalue weighted by Gasteiger charge is 2.52. The van der Waals surface area contributed by atoms with E-state index in [0.717, 1.165) is 24.8 Å². The van der Waals surface area contributed by atoms with Gasteiger partial charge in [0.05, 0.1) is 19.2 Å². The van der Waals surface area contributed by atoms with E-state index in [1.807, 2.05) is 12.1 Å². The van der Waals surface area contributed by atoms with Crippen LogP contribution in [0, 0.1) is 17.8 Å². The summed E-state index contributed by atoms with van der Waals surface area (Å²) in [5.74, 6) is 0.767. The van der Waals surface area contributed by atoms with Crippen LogP contribution in [0.15, 0.2) is 41.3 Å². The quantitative estimate of drug-likeness (QED) is 0.866. The summed E-state index contributed by atoms with van der Waals surface area (Å²) in [4.78, 5) is 28.6. The summed E-state index contributed by atoms with van der Waals surface area (Å²) in [6.45, 7) is 0. The molecule has 130 valence electrons. The summed E-state index contributed by atoms with van der Waals surface area (Å²) in [6.07, 6.45) is 6.11. The van der Waals surface area contributed by atoms with Crippen molar-refractivity contribution < 1.29 is 18.7 Å². The first-order valence-corrected chi connectivity index (χ1v) is 8.55. The Morgan fingerprint density at radius 2 is 1.96 bits per heavy atom. The van der Waals surface area contributed by atoms with Crippen LogP contribution in [-0.2, 0) is 9.53 Å². The molecule has 4 atom stereocenters. The van der Waals surface area contributed by atoms with Gasteiger partial charge in [-0.05, 0) is 43.2 Å². The molecule has 2 saturated carbocycles. The van der Waals surface area contributed by atoms with Gasteiger partial charge in [0.2, 0.25) is 0 Å². The first-order valence-electron chi connectivity index (χ1n) is 8.55. The van der Waals surface area contributed by atoms with Gasteiger partial charge in [-0.1, -0.05) is 12.1 Å². The number of benzene rings is 1. The van der Waals surface area contributed by atoms with Crippen LogP contribution < -0.4 is 5.32 Å². The molecule has 6 nitrogen and oxygen atoms in total. The highest BCUT2D eigenvalue weighted by molar-refractivity contribution is 5.95. The number of ether oxygens (including phenoxy) is 1. The van der Waals surface area contributed by atoms with E-state index in [9.17, 15) is 9.59 Å². The molecule has 0 spiro atoms. The van der Waals surface area contributed by atoms with Crippen molar-refractivity contribution in [1.29, 1.82) is 0 Å². The summed E-state index contributed by atoms with van der Waals surface area (Å²) >= 11 is 0. The standard InChI is InChI=1S/C19H20N2O4/c1-24-19(23)16-13-6-7-14(8-13)17(16)21-18(22)12-4-2-11(3-5-12)15-9-20-10-25-15/h2-5,9-10,13-14,16-17H,6-8H2,1H3,(H,21,22)/t13-,14-,16+,17-/m0/s1. The minimum atomic E-state index is -0.221. The average molecular weight is 340 g/mol. The molecule has 1 aromatic heterocycles. The fourth-order valence-electron chi connectivity index (χ4n) is 4.35. The first kappa shape index (κ1) is 15.9. The number of carbonyl (C=O) groups excluding carboxylic acids is 2. The Kier molecular flexibility index (Phi) is 4.03. The maximum absolute atomic E-state index is 12.6. The summed E-state index contributed by atoms with van der Waals surface area (Å²) in [7, 11) is 1.41. The molecule has 4 rings (SSSR count). The summed E-state index contributed by atoms with van der Waals surface area (Å²) < 4.78 is 10.2. The monoisotopic (exact) mass is 340 g/mol. The Hall–Kier alpha value is -2.63. The van der Waals surface area contributed by atoms with E-state index in [1.165, 1.54) is 13.5 Å². The number of methoxy groups -OCH3 is 1. The number of esters is 1. The molecular formula is C19H20N2O4. The predicted octanol–water partition coefficient (Wildman–Crippen LogP) is 2.66. The van der Waals surface area contributed by atoms with Gasteiger partial charge in [-0.2, -0.15) is 0 Å². The Balaban J connectivity index is 1.49. The Labute approximate surface area is 145 Å². The fourth-order valence-corrected chi connectivity index (χ4v) is 4.35. The summed E-state index contributed by atoms with van der Waals surface area (Å²) in [6, 6.07) is 7.04. The number of oxazole rings is 1. The molecule has 0 aliphatic heterocycles. The van der Waals surface area contributed by atoms with Crippen LogP contribution in [0.4, 0.5) is 0 Å². The zero-order chi connectivity index (χ0) is 17.4. The molecule has 25 heavy (non-hydrogen) atoms. The van der Waals surface area contributed by atoms with E-state index in [2.05, 4.69) is 10.3 Å². The smallest absolute Gasteiger partial charge is 0.311 e. The minimum Gasteiger partial charge on any atom is -0.469 e. The lowest BCUT2D eigenvalue weighted by atomic mass is 9.84. The lowest BCUT2D eigenvalue weighted by Crippen LogP contribution is -2.47. The van der Waals surface area contributed by atoms with Crippen LogP contribution in [0.3, 0.4) is 0 Å². The van der Waals surface area contributed by atoms with Gasteiger partial charge >= 0.3 is 5.97 Å². The molecule has 0 unspecified atom stereocenters. The number of fused-ring (bicyclic) bond motifs is 2. The lowest BCUT2D eigenvalue weighted by Gasteiger charge is -2.29. The maximum Gasteiger partial charge on any atom is 0.311 e. The van der Waals surface area contributed by atoms with E-state index >= 15 is 0 Å². The molecule has 1 N–H and O–H groups in total. The van der Waals surface area contributed by atoms with E-state index < -0.39 is 0 Å². The number of rotatable bonds is 4. The zero-order valence-electron chi connectivity index (χ0n) is 14.0. The van der Waals surface area contributed by atoms with Gasteiger partial charge in [-0.15, -0.1) is 0 Å². The number of carbonyl (C=O) groups is 2. The van der Waals surface area contributed by atoms with Crippen molar-refractivity contribution in [1.82, 2.24) is 10.3 Å². The summed E-state index contributed by atoms with van der Waals surface area (Å²) in [5.41, 5.74) is 1.43. The fraction of sp³-hybridized carbons (Fsp3) is 0.421. The van der Waals surface area contributed by atoms with Crippen LogP contribution in [0.1, 0.15) is 29.6 Å². The zero-order valence-corrected chi connectivity index (χ0v) is 14.0. The van der Waals surface area contributed by atoms with E-state index in [1.54, 1.807) is 18.3 Å². The molecule has 2 bridgehead atoms. The van der Waals surface area contributed by atoms with Crippen LogP contribution in [0.2, 0.25) is 0 Å². The second-order valence-corrected chi connectivity index (χ2v) is 6.82. The molecule has 1 amide bonds. The van der Waals surface area contributed by atoms with Crippen molar-refractivity contribution >= 4 is 11.9 Å². The van der Waals surface area contributed by atoms with Gasteiger partial charge in [0.25, 0.3) is 5.91 Å². The van der Waals surface area contributed by atoms with Gasteiger partial charge in [0.1, 0.15) is 0 Å². The molecule has 2 aromatic rings. The topological polar surface area (TPSA) is 81.4 Å². The van der Waals surface area contributed by atoms with Gasteiger partial charge in [-0.3, -0.25) is 9.59 Å². The van der Waals surface area contributed by atoms with Crippen LogP contribution >= 0.6 is 0 Å². The van der Waals surface area contributed by atoms with E-state index in [-0.39, 0.29) is 23.8 Å². The molecule has 2 fully saturated rings. The minimum absolute atomic E-state index is 0.132. The van der Waals surface area contributed by atoms with Crippen LogP contribution in [0.5, 0.6) is 0 Å². The predicted molar refractivity (Wildman–Crippen MR) is 89.5 cm³/mol. The van der Waals surface area contributed by atoms with Gasteiger partial charge in [0, 0.05) is 17.2 Å². The van der Waals surface area contributed by atoms with Crippen molar-refractivity contribution in [2.75, 3.05) is 7.11 Å². The number of nitrogens with one attached hydrogen (secondary N) is 1. The molecule has 1 heterocycles. The third-order valence-electron chi connectivity index (χ3n) is 5.55.